The Kier molecular flexibility index (Phi) is 4.65. The van der Waals surface area contributed by atoms with Crippen LogP contribution in [0.25, 0.3) is 0 Å². The van der Waals surface area contributed by atoms with Gasteiger partial charge in [0.1, 0.15) is 6.29 Å². The summed E-state index contributed by atoms with van der Waals surface area (Å²) in [7, 11) is 1.94. The smallest absolute Gasteiger partial charge is 0.120 e. The Hall–Kier alpha value is -1.48. The molecule has 1 N–H and O–H groups in total. The molecule has 0 amide bonds. The first-order valence-corrected chi connectivity index (χ1v) is 6.57. The van der Waals surface area contributed by atoms with Crippen molar-refractivity contribution in [3.63, 3.8) is 0 Å². The molecule has 0 bridgehead atoms. The highest BCUT2D eigenvalue weighted by Gasteiger charge is 2.21. The average Bonchev–Trinajstić information content (AvgIpc) is 2.43. The van der Waals surface area contributed by atoms with E-state index in [1.54, 1.807) is 0 Å². The highest BCUT2D eigenvalue weighted by atomic mass is 16.1. The lowest BCUT2D eigenvalue weighted by Crippen LogP contribution is -2.25. The van der Waals surface area contributed by atoms with Crippen LogP contribution >= 0.6 is 0 Å². The molecule has 1 unspecified atom stereocenters. The van der Waals surface area contributed by atoms with Gasteiger partial charge in [-0.25, -0.2) is 0 Å². The predicted molar refractivity (Wildman–Crippen MR) is 74.3 cm³/mol. The van der Waals surface area contributed by atoms with Gasteiger partial charge in [0.05, 0.1) is 0 Å². The number of rotatable bonds is 6. The molecular formula is C15H20N2O. The van der Waals surface area contributed by atoms with Gasteiger partial charge in [0.25, 0.3) is 0 Å². The van der Waals surface area contributed by atoms with Crippen molar-refractivity contribution in [2.45, 2.75) is 19.3 Å². The molecule has 0 fully saturated rings. The summed E-state index contributed by atoms with van der Waals surface area (Å²) >= 11 is 0. The lowest BCUT2D eigenvalue weighted by molar-refractivity contribution is -0.108. The van der Waals surface area contributed by atoms with Gasteiger partial charge in [-0.15, -0.1) is 0 Å². The molecule has 0 saturated carbocycles. The fourth-order valence-electron chi connectivity index (χ4n) is 2.52. The van der Waals surface area contributed by atoms with Gasteiger partial charge in [0.15, 0.2) is 0 Å². The summed E-state index contributed by atoms with van der Waals surface area (Å²) in [5, 5.41) is 3.15. The minimum absolute atomic E-state index is 0.247. The van der Waals surface area contributed by atoms with E-state index in [1.165, 1.54) is 11.1 Å². The van der Waals surface area contributed by atoms with Crippen LogP contribution in [0.5, 0.6) is 0 Å². The first-order valence-electron chi connectivity index (χ1n) is 6.57. The quantitative estimate of drug-likeness (QED) is 0.776. The lowest BCUT2D eigenvalue weighted by atomic mass is 9.86. The molecule has 96 valence electrons. The zero-order valence-electron chi connectivity index (χ0n) is 10.9. The SMILES string of the molecule is CNCCC(CC=O)C1=NCCc2ccccc21. The number of benzene rings is 1. The number of hydrogen-bond donors (Lipinski definition) is 1. The third kappa shape index (κ3) is 2.85. The number of nitrogens with zero attached hydrogens (tertiary/aromatic N) is 1. The van der Waals surface area contributed by atoms with Crippen LogP contribution in [-0.4, -0.2) is 32.1 Å². The summed E-state index contributed by atoms with van der Waals surface area (Å²) in [6.07, 6.45) is 3.55. The third-order valence-corrected chi connectivity index (χ3v) is 3.47. The van der Waals surface area contributed by atoms with Crippen molar-refractivity contribution in [1.82, 2.24) is 5.32 Å². The van der Waals surface area contributed by atoms with Crippen LogP contribution in [0.4, 0.5) is 0 Å². The first kappa shape index (κ1) is 13.0. The maximum Gasteiger partial charge on any atom is 0.120 e. The molecule has 0 spiro atoms. The molecule has 18 heavy (non-hydrogen) atoms. The van der Waals surface area contributed by atoms with Crippen LogP contribution in [0.3, 0.4) is 0 Å². The van der Waals surface area contributed by atoms with Gasteiger partial charge in [-0.2, -0.15) is 0 Å². The molecular weight excluding hydrogens is 224 g/mol. The lowest BCUT2D eigenvalue weighted by Gasteiger charge is -2.23. The molecule has 2 rings (SSSR count). The van der Waals surface area contributed by atoms with Crippen LogP contribution in [0, 0.1) is 5.92 Å². The number of aldehydes is 1. The minimum atomic E-state index is 0.247. The Bertz CT molecular complexity index is 440. The van der Waals surface area contributed by atoms with Gasteiger partial charge < -0.3 is 10.1 Å². The fourth-order valence-corrected chi connectivity index (χ4v) is 2.52. The molecule has 3 heteroatoms. The molecule has 0 saturated heterocycles. The van der Waals surface area contributed by atoms with Crippen LogP contribution in [-0.2, 0) is 11.2 Å². The summed E-state index contributed by atoms with van der Waals surface area (Å²) in [6, 6.07) is 8.42. The average molecular weight is 244 g/mol. The molecule has 1 aliphatic heterocycles. The Morgan fingerprint density at radius 2 is 2.28 bits per heavy atom. The highest BCUT2D eigenvalue weighted by molar-refractivity contribution is 6.04. The summed E-state index contributed by atoms with van der Waals surface area (Å²) in [4.78, 5) is 15.5. The molecule has 1 atom stereocenters. The summed E-state index contributed by atoms with van der Waals surface area (Å²) in [5.41, 5.74) is 3.73. The number of aliphatic imine (C=N–C) groups is 1. The van der Waals surface area contributed by atoms with E-state index in [-0.39, 0.29) is 5.92 Å². The van der Waals surface area contributed by atoms with Crippen molar-refractivity contribution in [2.75, 3.05) is 20.1 Å². The Morgan fingerprint density at radius 3 is 3.06 bits per heavy atom. The van der Waals surface area contributed by atoms with Crippen LogP contribution in [0.2, 0.25) is 0 Å². The standard InChI is InChI=1S/C15H20N2O/c1-16-9-6-13(8-11-18)15-14-5-3-2-4-12(14)7-10-17-15/h2-5,11,13,16H,6-10H2,1H3. The number of carbonyl (C=O) groups is 1. The van der Waals surface area contributed by atoms with Crippen molar-refractivity contribution < 1.29 is 4.79 Å². The highest BCUT2D eigenvalue weighted by Crippen LogP contribution is 2.23. The number of carbonyl (C=O) groups excluding carboxylic acids is 1. The van der Waals surface area contributed by atoms with E-state index in [2.05, 4.69) is 34.6 Å². The van der Waals surface area contributed by atoms with E-state index in [9.17, 15) is 4.79 Å². The van der Waals surface area contributed by atoms with E-state index in [1.807, 2.05) is 7.05 Å². The van der Waals surface area contributed by atoms with E-state index < -0.39 is 0 Å². The van der Waals surface area contributed by atoms with Crippen LogP contribution in [0.1, 0.15) is 24.0 Å². The molecule has 0 aromatic heterocycles. The number of hydrogen-bond acceptors (Lipinski definition) is 3. The normalized spacial score (nSPS) is 15.7. The zero-order valence-corrected chi connectivity index (χ0v) is 10.9. The number of fused-ring (bicyclic) bond motifs is 1. The second-order valence-corrected chi connectivity index (χ2v) is 4.67. The summed E-state index contributed by atoms with van der Waals surface area (Å²) in [6.45, 7) is 1.76. The minimum Gasteiger partial charge on any atom is -0.320 e. The van der Waals surface area contributed by atoms with Gasteiger partial charge >= 0.3 is 0 Å². The zero-order chi connectivity index (χ0) is 12.8. The number of nitrogens with one attached hydrogen (secondary N) is 1. The maximum atomic E-state index is 10.9. The van der Waals surface area contributed by atoms with E-state index >= 15 is 0 Å². The van der Waals surface area contributed by atoms with Crippen molar-refractivity contribution in [1.29, 1.82) is 0 Å². The molecule has 1 aliphatic rings. The monoisotopic (exact) mass is 244 g/mol. The van der Waals surface area contributed by atoms with E-state index in [0.29, 0.717) is 6.42 Å². The Morgan fingerprint density at radius 1 is 1.44 bits per heavy atom. The van der Waals surface area contributed by atoms with Crippen molar-refractivity contribution in [3.05, 3.63) is 35.4 Å². The van der Waals surface area contributed by atoms with Gasteiger partial charge in [-0.3, -0.25) is 4.99 Å². The molecule has 1 aromatic rings. The van der Waals surface area contributed by atoms with Crippen LogP contribution in [0.15, 0.2) is 29.3 Å². The topological polar surface area (TPSA) is 41.5 Å². The van der Waals surface area contributed by atoms with Crippen LogP contribution < -0.4 is 5.32 Å². The van der Waals surface area contributed by atoms with Gasteiger partial charge in [-0.05, 0) is 37.6 Å². The van der Waals surface area contributed by atoms with Crippen molar-refractivity contribution in [3.8, 4) is 0 Å². The molecule has 0 radical (unpaired) electrons. The summed E-state index contributed by atoms with van der Waals surface area (Å²) in [5.74, 6) is 0.247. The molecule has 1 aromatic carbocycles. The second kappa shape index (κ2) is 6.45. The fraction of sp³-hybridized carbons (Fsp3) is 0.467. The molecule has 3 nitrogen and oxygen atoms in total. The maximum absolute atomic E-state index is 10.9. The van der Waals surface area contributed by atoms with Gasteiger partial charge in [-0.1, -0.05) is 24.3 Å². The second-order valence-electron chi connectivity index (χ2n) is 4.67. The Balaban J connectivity index is 2.24. The first-order chi connectivity index (χ1) is 8.86. The molecule has 0 aliphatic carbocycles. The predicted octanol–water partition coefficient (Wildman–Crippen LogP) is 1.85. The van der Waals surface area contributed by atoms with E-state index in [4.69, 9.17) is 0 Å². The Labute approximate surface area is 108 Å². The van der Waals surface area contributed by atoms with Gasteiger partial charge in [0.2, 0.25) is 0 Å². The van der Waals surface area contributed by atoms with E-state index in [0.717, 1.165) is 37.9 Å². The van der Waals surface area contributed by atoms with Crippen molar-refractivity contribution in [2.24, 2.45) is 10.9 Å². The molecule has 1 heterocycles. The largest absolute Gasteiger partial charge is 0.320 e. The van der Waals surface area contributed by atoms with Gasteiger partial charge in [0, 0.05) is 24.6 Å². The summed E-state index contributed by atoms with van der Waals surface area (Å²) < 4.78 is 0. The third-order valence-electron chi connectivity index (χ3n) is 3.47. The van der Waals surface area contributed by atoms with Crippen molar-refractivity contribution >= 4 is 12.0 Å².